The maximum atomic E-state index is 13.4. The van der Waals surface area contributed by atoms with Crippen LogP contribution in [0.15, 0.2) is 71.8 Å². The van der Waals surface area contributed by atoms with Crippen molar-refractivity contribution in [2.75, 3.05) is 5.73 Å². The second-order valence-electron chi connectivity index (χ2n) is 8.50. The number of hydrogen-bond donors (Lipinski definition) is 4. The second-order valence-corrected chi connectivity index (χ2v) is 8.50. The number of primary amides is 1. The fourth-order valence-corrected chi connectivity index (χ4v) is 3.98. The molecule has 1 amide bonds. The number of nitrogens with zero attached hydrogens (tertiary/aromatic N) is 5. The van der Waals surface area contributed by atoms with Crippen molar-refractivity contribution in [3.63, 3.8) is 0 Å². The molecule has 0 bridgehead atoms. The Morgan fingerprint density at radius 2 is 1.93 bits per heavy atom. The van der Waals surface area contributed by atoms with Crippen LogP contribution < -0.4 is 17.0 Å². The summed E-state index contributed by atoms with van der Waals surface area (Å²) in [6.07, 6.45) is 8.20. The topological polar surface area (TPSA) is 174 Å². The standard InChI is InChI=1S/C22H18N4O.C7H9N5O/c1-3-20-24-19-11-7-8-17(13-12-16-14-23-25(2)15-16)21(19)22(27)26(20)18-9-5-4-6-10-18;8-3-1-2-4-5(7(10)13)6(9)12-11-4/h4-11,14-15H,3H2,1-2H3;1-3,8H,(H2,10,13)(H3,9,11,12)/b;2-1-,8-3?. The van der Waals surface area contributed by atoms with Gasteiger partial charge in [-0.15, -0.1) is 0 Å². The number of aromatic amines is 1. The predicted molar refractivity (Wildman–Crippen MR) is 155 cm³/mol. The van der Waals surface area contributed by atoms with Crippen LogP contribution in [0.25, 0.3) is 22.7 Å². The van der Waals surface area contributed by atoms with E-state index in [-0.39, 0.29) is 16.9 Å². The minimum atomic E-state index is -0.643. The van der Waals surface area contributed by atoms with E-state index in [9.17, 15) is 9.59 Å². The highest BCUT2D eigenvalue weighted by Crippen LogP contribution is 2.17. The molecule has 0 atom stereocenters. The Hall–Kier alpha value is -5.76. The number of fused-ring (bicyclic) bond motifs is 1. The molecular formula is C29H27N9O2. The van der Waals surface area contributed by atoms with E-state index in [1.807, 2.05) is 68.7 Å². The number of nitrogens with two attached hydrogens (primary N) is 2. The van der Waals surface area contributed by atoms with Crippen LogP contribution in [0.2, 0.25) is 0 Å². The van der Waals surface area contributed by atoms with E-state index in [2.05, 4.69) is 27.1 Å². The number of H-pyrrole nitrogens is 1. The maximum absolute atomic E-state index is 13.4. The van der Waals surface area contributed by atoms with Crippen LogP contribution in [0.3, 0.4) is 0 Å². The summed E-state index contributed by atoms with van der Waals surface area (Å²) in [5.41, 5.74) is 13.9. The largest absolute Gasteiger partial charge is 0.382 e. The number of carbonyl (C=O) groups is 1. The van der Waals surface area contributed by atoms with Gasteiger partial charge in [-0.25, -0.2) is 4.98 Å². The Balaban J connectivity index is 0.000000240. The van der Waals surface area contributed by atoms with Gasteiger partial charge in [0.1, 0.15) is 11.4 Å². The lowest BCUT2D eigenvalue weighted by Crippen LogP contribution is -2.24. The molecule has 40 heavy (non-hydrogen) atoms. The lowest BCUT2D eigenvalue weighted by molar-refractivity contribution is 0.100. The summed E-state index contributed by atoms with van der Waals surface area (Å²) in [6.45, 7) is 2.00. The molecule has 0 saturated heterocycles. The van der Waals surface area contributed by atoms with Gasteiger partial charge in [0.05, 0.1) is 34.0 Å². The number of nitrogen functional groups attached to an aromatic ring is 1. The van der Waals surface area contributed by atoms with E-state index < -0.39 is 5.91 Å². The number of amides is 1. The van der Waals surface area contributed by atoms with Crippen LogP contribution in [0.5, 0.6) is 0 Å². The molecule has 0 spiro atoms. The molecule has 5 aromatic rings. The zero-order chi connectivity index (χ0) is 28.6. The SMILES string of the molecule is CCc1nc2cccc(C#Cc3cnn(C)c3)c2c(=O)n1-c1ccccc1.N=C/C=C\c1[nH]nc(N)c1C(N)=O. The van der Waals surface area contributed by atoms with Crippen LogP contribution in [0.4, 0.5) is 5.82 Å². The molecule has 0 aliphatic heterocycles. The van der Waals surface area contributed by atoms with Gasteiger partial charge >= 0.3 is 0 Å². The molecule has 2 aromatic carbocycles. The zero-order valence-electron chi connectivity index (χ0n) is 21.9. The first-order chi connectivity index (χ1) is 19.3. The number of para-hydroxylation sites is 1. The van der Waals surface area contributed by atoms with E-state index >= 15 is 0 Å². The van der Waals surface area contributed by atoms with Gasteiger partial charge in [-0.3, -0.25) is 23.9 Å². The summed E-state index contributed by atoms with van der Waals surface area (Å²) in [7, 11) is 1.85. The number of hydrogen-bond acceptors (Lipinski definition) is 7. The number of benzene rings is 2. The minimum absolute atomic E-state index is 0.0668. The number of carbonyl (C=O) groups excluding carboxylic acids is 1. The number of anilines is 1. The van der Waals surface area contributed by atoms with Crippen molar-refractivity contribution in [2.45, 2.75) is 13.3 Å². The Morgan fingerprint density at radius 1 is 1.15 bits per heavy atom. The first-order valence-electron chi connectivity index (χ1n) is 12.3. The molecule has 0 aliphatic rings. The van der Waals surface area contributed by atoms with Gasteiger partial charge in [0.15, 0.2) is 5.82 Å². The predicted octanol–water partition coefficient (Wildman–Crippen LogP) is 2.83. The van der Waals surface area contributed by atoms with Crippen molar-refractivity contribution in [1.82, 2.24) is 29.5 Å². The third kappa shape index (κ3) is 5.87. The van der Waals surface area contributed by atoms with E-state index in [1.54, 1.807) is 15.4 Å². The Labute approximate surface area is 229 Å². The summed E-state index contributed by atoms with van der Waals surface area (Å²) < 4.78 is 3.38. The van der Waals surface area contributed by atoms with Gasteiger partial charge in [-0.1, -0.05) is 43.0 Å². The summed E-state index contributed by atoms with van der Waals surface area (Å²) in [5, 5.41) is 17.5. The summed E-state index contributed by atoms with van der Waals surface area (Å²) in [6, 6.07) is 15.2. The van der Waals surface area contributed by atoms with Crippen LogP contribution in [-0.2, 0) is 13.5 Å². The molecule has 200 valence electrons. The number of rotatable bonds is 5. The quantitative estimate of drug-likeness (QED) is 0.200. The Morgan fingerprint density at radius 3 is 2.58 bits per heavy atom. The van der Waals surface area contributed by atoms with E-state index in [4.69, 9.17) is 21.9 Å². The van der Waals surface area contributed by atoms with Crippen molar-refractivity contribution in [1.29, 1.82) is 5.41 Å². The monoisotopic (exact) mass is 533 g/mol. The first-order valence-corrected chi connectivity index (χ1v) is 12.3. The van der Waals surface area contributed by atoms with Gasteiger partial charge in [0, 0.05) is 31.4 Å². The Bertz CT molecular complexity index is 1830. The average molecular weight is 534 g/mol. The zero-order valence-corrected chi connectivity index (χ0v) is 21.9. The summed E-state index contributed by atoms with van der Waals surface area (Å²) in [4.78, 5) is 29.0. The Kier molecular flexibility index (Phi) is 8.31. The summed E-state index contributed by atoms with van der Waals surface area (Å²) >= 11 is 0. The minimum Gasteiger partial charge on any atom is -0.382 e. The van der Waals surface area contributed by atoms with Gasteiger partial charge < -0.3 is 16.9 Å². The molecule has 5 rings (SSSR count). The second kappa shape index (κ2) is 12.2. The van der Waals surface area contributed by atoms with Gasteiger partial charge in [-0.2, -0.15) is 10.2 Å². The molecule has 0 saturated carbocycles. The van der Waals surface area contributed by atoms with Crippen molar-refractivity contribution in [3.05, 3.63) is 106 Å². The molecule has 3 aromatic heterocycles. The molecule has 0 aliphatic carbocycles. The van der Waals surface area contributed by atoms with Gasteiger partial charge in [0.25, 0.3) is 11.5 Å². The van der Waals surface area contributed by atoms with Crippen LogP contribution in [0.1, 0.15) is 39.9 Å². The van der Waals surface area contributed by atoms with Crippen molar-refractivity contribution < 1.29 is 4.79 Å². The highest BCUT2D eigenvalue weighted by molar-refractivity contribution is 6.00. The number of aryl methyl sites for hydroxylation is 2. The molecule has 0 radical (unpaired) electrons. The average Bonchev–Trinajstić information content (AvgIpc) is 3.55. The number of allylic oxidation sites excluding steroid dienone is 1. The highest BCUT2D eigenvalue weighted by Gasteiger charge is 2.14. The molecular weight excluding hydrogens is 506 g/mol. The molecule has 11 nitrogen and oxygen atoms in total. The third-order valence-corrected chi connectivity index (χ3v) is 5.77. The van der Waals surface area contributed by atoms with Gasteiger partial charge in [0.2, 0.25) is 0 Å². The fourth-order valence-electron chi connectivity index (χ4n) is 3.98. The van der Waals surface area contributed by atoms with Crippen molar-refractivity contribution >= 4 is 34.9 Å². The number of nitrogens with one attached hydrogen (secondary N) is 2. The van der Waals surface area contributed by atoms with E-state index in [0.29, 0.717) is 28.6 Å². The smallest absolute Gasteiger partial charge is 0.267 e. The molecule has 11 heteroatoms. The lowest BCUT2D eigenvalue weighted by Gasteiger charge is -2.13. The fraction of sp³-hybridized carbons (Fsp3) is 0.103. The molecule has 0 fully saturated rings. The maximum Gasteiger partial charge on any atom is 0.267 e. The van der Waals surface area contributed by atoms with E-state index in [0.717, 1.165) is 23.3 Å². The van der Waals surface area contributed by atoms with Crippen molar-refractivity contribution in [2.24, 2.45) is 12.8 Å². The summed E-state index contributed by atoms with van der Waals surface area (Å²) in [5.74, 6) is 6.35. The molecule has 0 unspecified atom stereocenters. The molecule has 3 heterocycles. The van der Waals surface area contributed by atoms with Crippen molar-refractivity contribution in [3.8, 4) is 17.5 Å². The van der Waals surface area contributed by atoms with Gasteiger partial charge in [-0.05, 0) is 36.4 Å². The highest BCUT2D eigenvalue weighted by atomic mass is 16.1. The van der Waals surface area contributed by atoms with Crippen LogP contribution in [-0.4, -0.2) is 41.7 Å². The first kappa shape index (κ1) is 27.3. The van der Waals surface area contributed by atoms with Crippen LogP contribution in [0, 0.1) is 17.3 Å². The van der Waals surface area contributed by atoms with E-state index in [1.165, 1.54) is 12.2 Å². The third-order valence-electron chi connectivity index (χ3n) is 5.77. The van der Waals surface area contributed by atoms with Crippen LogP contribution >= 0.6 is 0 Å². The number of aromatic nitrogens is 6. The lowest BCUT2D eigenvalue weighted by atomic mass is 10.1. The molecule has 6 N–H and O–H groups in total. The normalized spacial score (nSPS) is 10.6.